The fourth-order valence-corrected chi connectivity index (χ4v) is 6.01. The lowest BCUT2D eigenvalue weighted by Crippen LogP contribution is -2.37. The molecule has 2 aliphatic rings. The first kappa shape index (κ1) is 20.8. The molecule has 9 nitrogen and oxygen atoms in total. The predicted octanol–water partition coefficient (Wildman–Crippen LogP) is 3.91. The highest BCUT2D eigenvalue weighted by molar-refractivity contribution is 7.17. The molecule has 1 saturated heterocycles. The number of nitrogens with two attached hydrogens (primary N) is 1. The van der Waals surface area contributed by atoms with Crippen LogP contribution in [0.1, 0.15) is 36.1 Å². The second kappa shape index (κ2) is 8.19. The predicted molar refractivity (Wildman–Crippen MR) is 131 cm³/mol. The van der Waals surface area contributed by atoms with Gasteiger partial charge in [-0.15, -0.1) is 16.4 Å². The van der Waals surface area contributed by atoms with Gasteiger partial charge in [-0.25, -0.2) is 4.98 Å². The van der Waals surface area contributed by atoms with Crippen LogP contribution in [0.3, 0.4) is 0 Å². The number of nitrogens with one attached hydrogen (secondary N) is 1. The van der Waals surface area contributed by atoms with Crippen molar-refractivity contribution in [3.63, 3.8) is 0 Å². The Hall–Kier alpha value is -2.82. The van der Waals surface area contributed by atoms with Gasteiger partial charge in [0, 0.05) is 11.7 Å². The van der Waals surface area contributed by atoms with Crippen molar-refractivity contribution in [1.82, 2.24) is 34.6 Å². The van der Waals surface area contributed by atoms with Crippen LogP contribution >= 0.6 is 22.9 Å². The van der Waals surface area contributed by atoms with Gasteiger partial charge in [-0.3, -0.25) is 4.98 Å². The Labute approximate surface area is 200 Å². The maximum Gasteiger partial charge on any atom is 0.248 e. The molecule has 0 radical (unpaired) electrons. The quantitative estimate of drug-likeness (QED) is 0.422. The van der Waals surface area contributed by atoms with Gasteiger partial charge < -0.3 is 16.0 Å². The largest absolute Gasteiger partial charge is 0.368 e. The van der Waals surface area contributed by atoms with Crippen LogP contribution in [0.15, 0.2) is 17.6 Å². The molecule has 1 aliphatic heterocycles. The summed E-state index contributed by atoms with van der Waals surface area (Å²) in [7, 11) is 0. The number of anilines is 3. The molecular formula is C22H24ClN9S. The summed E-state index contributed by atoms with van der Waals surface area (Å²) in [5.41, 5.74) is 11.4. The molecule has 4 aromatic rings. The van der Waals surface area contributed by atoms with Crippen LogP contribution in [0.25, 0.3) is 16.0 Å². The summed E-state index contributed by atoms with van der Waals surface area (Å²) >= 11 is 7.70. The molecule has 1 fully saturated rings. The summed E-state index contributed by atoms with van der Waals surface area (Å²) in [5, 5.41) is 9.98. The van der Waals surface area contributed by atoms with E-state index in [1.807, 2.05) is 18.5 Å². The summed E-state index contributed by atoms with van der Waals surface area (Å²) in [4.78, 5) is 20.4. The highest BCUT2D eigenvalue weighted by atomic mass is 35.5. The molecule has 4 aromatic heterocycles. The summed E-state index contributed by atoms with van der Waals surface area (Å²) in [6.45, 7) is 4.42. The SMILES string of the molecule is Cc1csc2c(-n3nc(Nc4cnc5c(c4)CC(N4CCCC4)CC5)nc3N)nc(Cl)nc12. The molecule has 33 heavy (non-hydrogen) atoms. The second-order valence-corrected chi connectivity index (χ2v) is 9.93. The van der Waals surface area contributed by atoms with Crippen molar-refractivity contribution < 1.29 is 0 Å². The number of hydrogen-bond donors (Lipinski definition) is 2. The fraction of sp³-hybridized carbons (Fsp3) is 0.409. The molecule has 0 amide bonds. The van der Waals surface area contributed by atoms with Crippen LogP contribution in [-0.2, 0) is 12.8 Å². The molecule has 0 saturated carbocycles. The smallest absolute Gasteiger partial charge is 0.248 e. The normalized spacial score (nSPS) is 18.7. The number of nitrogen functional groups attached to an aromatic ring is 1. The Balaban J connectivity index is 1.28. The van der Waals surface area contributed by atoms with Crippen molar-refractivity contribution in [3.05, 3.63) is 39.7 Å². The van der Waals surface area contributed by atoms with E-state index in [-0.39, 0.29) is 11.2 Å². The van der Waals surface area contributed by atoms with Gasteiger partial charge in [-0.05, 0) is 86.3 Å². The van der Waals surface area contributed by atoms with Crippen molar-refractivity contribution in [2.45, 2.75) is 45.1 Å². The van der Waals surface area contributed by atoms with Crippen LogP contribution in [0, 0.1) is 6.92 Å². The third-order valence-corrected chi connectivity index (χ3v) is 7.78. The number of hydrogen-bond acceptors (Lipinski definition) is 9. The van der Waals surface area contributed by atoms with Crippen molar-refractivity contribution in [2.24, 2.45) is 0 Å². The van der Waals surface area contributed by atoms with Gasteiger partial charge >= 0.3 is 0 Å². The highest BCUT2D eigenvalue weighted by Gasteiger charge is 2.27. The average Bonchev–Trinajstić information content (AvgIpc) is 3.54. The Morgan fingerprint density at radius 1 is 1.21 bits per heavy atom. The number of pyridine rings is 1. The van der Waals surface area contributed by atoms with Gasteiger partial charge in [0.25, 0.3) is 0 Å². The number of likely N-dealkylation sites (tertiary alicyclic amines) is 1. The minimum Gasteiger partial charge on any atom is -0.368 e. The number of thiophene rings is 1. The number of aromatic nitrogens is 6. The van der Waals surface area contributed by atoms with Crippen molar-refractivity contribution in [1.29, 1.82) is 0 Å². The number of rotatable bonds is 4. The first-order chi connectivity index (χ1) is 16.0. The third-order valence-electron chi connectivity index (χ3n) is 6.52. The molecule has 5 heterocycles. The Bertz CT molecular complexity index is 1340. The van der Waals surface area contributed by atoms with Gasteiger partial charge in [0.05, 0.1) is 22.1 Å². The lowest BCUT2D eigenvalue weighted by Gasteiger charge is -2.31. The number of halogens is 1. The lowest BCUT2D eigenvalue weighted by molar-refractivity contribution is 0.221. The zero-order valence-corrected chi connectivity index (χ0v) is 19.8. The van der Waals surface area contributed by atoms with E-state index in [2.05, 4.69) is 36.3 Å². The molecule has 1 atom stereocenters. The van der Waals surface area contributed by atoms with E-state index >= 15 is 0 Å². The van der Waals surface area contributed by atoms with Crippen LogP contribution in [-0.4, -0.2) is 53.7 Å². The molecule has 1 unspecified atom stereocenters. The zero-order chi connectivity index (χ0) is 22.5. The maximum absolute atomic E-state index is 6.20. The zero-order valence-electron chi connectivity index (χ0n) is 18.3. The van der Waals surface area contributed by atoms with Gasteiger partial charge in [0.1, 0.15) is 0 Å². The highest BCUT2D eigenvalue weighted by Crippen LogP contribution is 2.31. The molecule has 0 bridgehead atoms. The van der Waals surface area contributed by atoms with E-state index in [1.165, 1.54) is 59.6 Å². The Kier molecular flexibility index (Phi) is 5.16. The van der Waals surface area contributed by atoms with Crippen molar-refractivity contribution >= 4 is 50.7 Å². The molecule has 1 aliphatic carbocycles. The Morgan fingerprint density at radius 3 is 2.91 bits per heavy atom. The van der Waals surface area contributed by atoms with Gasteiger partial charge in [0.15, 0.2) is 5.82 Å². The van der Waals surface area contributed by atoms with E-state index in [4.69, 9.17) is 22.3 Å². The number of aryl methyl sites for hydroxylation is 2. The summed E-state index contributed by atoms with van der Waals surface area (Å²) in [5.74, 6) is 1.13. The van der Waals surface area contributed by atoms with Crippen LogP contribution < -0.4 is 11.1 Å². The van der Waals surface area contributed by atoms with E-state index in [1.54, 1.807) is 0 Å². The summed E-state index contributed by atoms with van der Waals surface area (Å²) in [6, 6.07) is 2.79. The van der Waals surface area contributed by atoms with Gasteiger partial charge in [-0.1, -0.05) is 0 Å². The Morgan fingerprint density at radius 2 is 2.06 bits per heavy atom. The number of nitrogens with zero attached hydrogens (tertiary/aromatic N) is 7. The maximum atomic E-state index is 6.20. The first-order valence-electron chi connectivity index (χ1n) is 11.2. The molecule has 0 spiro atoms. The molecule has 11 heteroatoms. The second-order valence-electron chi connectivity index (χ2n) is 8.71. The monoisotopic (exact) mass is 481 g/mol. The topological polar surface area (TPSA) is 111 Å². The van der Waals surface area contributed by atoms with E-state index in [9.17, 15) is 0 Å². The molecule has 170 valence electrons. The van der Waals surface area contributed by atoms with Crippen LogP contribution in [0.4, 0.5) is 17.6 Å². The molecule has 6 rings (SSSR count). The third kappa shape index (κ3) is 3.81. The fourth-order valence-electron chi connectivity index (χ4n) is 4.88. The number of fused-ring (bicyclic) bond motifs is 2. The van der Waals surface area contributed by atoms with E-state index in [0.717, 1.165) is 34.3 Å². The summed E-state index contributed by atoms with van der Waals surface area (Å²) < 4.78 is 2.37. The van der Waals surface area contributed by atoms with Gasteiger partial charge in [-0.2, -0.15) is 14.6 Å². The van der Waals surface area contributed by atoms with Crippen molar-refractivity contribution in [3.8, 4) is 5.82 Å². The van der Waals surface area contributed by atoms with E-state index in [0.29, 0.717) is 17.8 Å². The van der Waals surface area contributed by atoms with E-state index < -0.39 is 0 Å². The van der Waals surface area contributed by atoms with Crippen LogP contribution in [0.2, 0.25) is 5.28 Å². The molecular weight excluding hydrogens is 458 g/mol. The standard InChI is InChI=1S/C22H24ClN9S/c1-12-11-33-18-17(12)27-20(23)28-19(18)32-21(24)29-22(30-32)26-14-8-13-9-15(31-6-2-3-7-31)4-5-16(13)25-10-14/h8,10-11,15H,2-7,9H2,1H3,(H3,24,26,29,30). The van der Waals surface area contributed by atoms with Crippen LogP contribution in [0.5, 0.6) is 0 Å². The molecule has 0 aromatic carbocycles. The average molecular weight is 482 g/mol. The lowest BCUT2D eigenvalue weighted by atomic mass is 9.91. The van der Waals surface area contributed by atoms with Crippen molar-refractivity contribution in [2.75, 3.05) is 24.1 Å². The summed E-state index contributed by atoms with van der Waals surface area (Å²) in [6.07, 6.45) is 7.72. The molecule has 3 N–H and O–H groups in total. The minimum absolute atomic E-state index is 0.148. The minimum atomic E-state index is 0.148. The van der Waals surface area contributed by atoms with Gasteiger partial charge in [0.2, 0.25) is 17.2 Å². The first-order valence-corrected chi connectivity index (χ1v) is 12.4.